The van der Waals surface area contributed by atoms with Gasteiger partial charge in [-0.15, -0.1) is 0 Å². The number of hydrogen-bond acceptors (Lipinski definition) is 3. The highest BCUT2D eigenvalue weighted by Gasteiger charge is 2.30. The molecule has 0 saturated carbocycles. The third kappa shape index (κ3) is 3.40. The van der Waals surface area contributed by atoms with Crippen LogP contribution in [-0.4, -0.2) is 54.6 Å². The molecule has 2 fully saturated rings. The maximum atomic E-state index is 3.87. The molecule has 1 aromatic carbocycles. The first-order valence-corrected chi connectivity index (χ1v) is 7.93. The van der Waals surface area contributed by atoms with E-state index in [9.17, 15) is 0 Å². The molecule has 3 heteroatoms. The van der Waals surface area contributed by atoms with Crippen LogP contribution in [0, 0.1) is 0 Å². The van der Waals surface area contributed by atoms with Crippen molar-refractivity contribution in [1.82, 2.24) is 15.1 Å². The van der Waals surface area contributed by atoms with Crippen LogP contribution in [0.5, 0.6) is 0 Å². The topological polar surface area (TPSA) is 18.5 Å². The fourth-order valence-corrected chi connectivity index (χ4v) is 3.60. The van der Waals surface area contributed by atoms with E-state index in [4.69, 9.17) is 0 Å². The lowest BCUT2D eigenvalue weighted by Gasteiger charge is -2.20. The minimum Gasteiger partial charge on any atom is -0.309 e. The van der Waals surface area contributed by atoms with Crippen molar-refractivity contribution in [2.75, 3.05) is 26.7 Å². The van der Waals surface area contributed by atoms with Crippen LogP contribution in [0.25, 0.3) is 0 Å². The minimum absolute atomic E-state index is 0.683. The first kappa shape index (κ1) is 14.1. The number of nitrogens with one attached hydrogen (secondary N) is 1. The molecule has 2 aliphatic heterocycles. The Kier molecular flexibility index (Phi) is 4.39. The molecule has 2 saturated heterocycles. The van der Waals surface area contributed by atoms with E-state index < -0.39 is 0 Å². The van der Waals surface area contributed by atoms with Crippen molar-refractivity contribution in [3.63, 3.8) is 0 Å². The summed E-state index contributed by atoms with van der Waals surface area (Å²) in [6.45, 7) is 7.06. The zero-order valence-electron chi connectivity index (χ0n) is 12.8. The van der Waals surface area contributed by atoms with E-state index in [2.05, 4.69) is 59.4 Å². The quantitative estimate of drug-likeness (QED) is 0.904. The van der Waals surface area contributed by atoms with Gasteiger partial charge < -0.3 is 10.2 Å². The molecule has 2 aliphatic rings. The molecule has 3 nitrogen and oxygen atoms in total. The molecule has 0 aliphatic carbocycles. The molecule has 3 unspecified atom stereocenters. The van der Waals surface area contributed by atoms with Crippen molar-refractivity contribution in [3.8, 4) is 0 Å². The monoisotopic (exact) mass is 273 g/mol. The fourth-order valence-electron chi connectivity index (χ4n) is 3.60. The highest BCUT2D eigenvalue weighted by molar-refractivity contribution is 5.14. The molecule has 110 valence electrons. The molecule has 0 radical (unpaired) electrons. The number of nitrogens with zero attached hydrogens (tertiary/aromatic N) is 2. The molecule has 2 heterocycles. The Morgan fingerprint density at radius 1 is 1.15 bits per heavy atom. The summed E-state index contributed by atoms with van der Waals surface area (Å²) in [5.74, 6) is 0. The lowest BCUT2D eigenvalue weighted by atomic mass is 10.1. The van der Waals surface area contributed by atoms with Gasteiger partial charge in [0.15, 0.2) is 0 Å². The normalized spacial score (nSPS) is 32.0. The Bertz CT molecular complexity index is 410. The van der Waals surface area contributed by atoms with Crippen molar-refractivity contribution < 1.29 is 0 Å². The third-order valence-corrected chi connectivity index (χ3v) is 4.88. The molecule has 0 aromatic heterocycles. The summed E-state index contributed by atoms with van der Waals surface area (Å²) < 4.78 is 0. The highest BCUT2D eigenvalue weighted by atomic mass is 15.2. The van der Waals surface area contributed by atoms with Crippen molar-refractivity contribution >= 4 is 0 Å². The van der Waals surface area contributed by atoms with E-state index in [1.165, 1.54) is 38.0 Å². The SMILES string of the molecule is CC1CC(NC2CCN(Cc3ccccc3)C2)CN1C. The number of benzene rings is 1. The van der Waals surface area contributed by atoms with Gasteiger partial charge >= 0.3 is 0 Å². The molecule has 0 amide bonds. The molecule has 3 atom stereocenters. The number of likely N-dealkylation sites (N-methyl/N-ethyl adjacent to an activating group) is 1. The minimum atomic E-state index is 0.683. The van der Waals surface area contributed by atoms with Gasteiger partial charge in [0.05, 0.1) is 0 Å². The predicted molar refractivity (Wildman–Crippen MR) is 83.8 cm³/mol. The van der Waals surface area contributed by atoms with E-state index in [-0.39, 0.29) is 0 Å². The predicted octanol–water partition coefficient (Wildman–Crippen LogP) is 1.94. The molecule has 0 spiro atoms. The summed E-state index contributed by atoms with van der Waals surface area (Å²) >= 11 is 0. The van der Waals surface area contributed by atoms with E-state index in [0.717, 1.165) is 12.6 Å². The standard InChI is InChI=1S/C17H27N3/c1-14-10-17(12-19(14)2)18-16-8-9-20(13-16)11-15-6-4-3-5-7-15/h3-7,14,16-18H,8-13H2,1-2H3. The summed E-state index contributed by atoms with van der Waals surface area (Å²) in [5, 5.41) is 3.87. The second kappa shape index (κ2) is 6.25. The van der Waals surface area contributed by atoms with Gasteiger partial charge in [0, 0.05) is 44.3 Å². The summed E-state index contributed by atoms with van der Waals surface area (Å²) in [6, 6.07) is 12.9. The van der Waals surface area contributed by atoms with E-state index in [1.807, 2.05) is 0 Å². The Hall–Kier alpha value is -0.900. The molecular formula is C17H27N3. The van der Waals surface area contributed by atoms with Gasteiger partial charge in [-0.2, -0.15) is 0 Å². The molecule has 1 N–H and O–H groups in total. The van der Waals surface area contributed by atoms with Crippen molar-refractivity contribution in [1.29, 1.82) is 0 Å². The summed E-state index contributed by atoms with van der Waals surface area (Å²) in [6.07, 6.45) is 2.59. The first-order chi connectivity index (χ1) is 9.70. The summed E-state index contributed by atoms with van der Waals surface area (Å²) in [4.78, 5) is 5.05. The van der Waals surface area contributed by atoms with Crippen LogP contribution in [0.1, 0.15) is 25.3 Å². The van der Waals surface area contributed by atoms with Gasteiger partial charge in [0.25, 0.3) is 0 Å². The van der Waals surface area contributed by atoms with Crippen LogP contribution in [-0.2, 0) is 6.54 Å². The van der Waals surface area contributed by atoms with Crippen LogP contribution in [0.3, 0.4) is 0 Å². The molecule has 1 aromatic rings. The molecule has 20 heavy (non-hydrogen) atoms. The largest absolute Gasteiger partial charge is 0.309 e. The zero-order chi connectivity index (χ0) is 13.9. The zero-order valence-corrected chi connectivity index (χ0v) is 12.8. The van der Waals surface area contributed by atoms with Crippen molar-refractivity contribution in [2.24, 2.45) is 0 Å². The summed E-state index contributed by atoms with van der Waals surface area (Å²) in [5.41, 5.74) is 1.43. The second-order valence-electron chi connectivity index (χ2n) is 6.59. The van der Waals surface area contributed by atoms with Gasteiger partial charge in [-0.05, 0) is 32.4 Å². The maximum absolute atomic E-state index is 3.87. The smallest absolute Gasteiger partial charge is 0.0234 e. The van der Waals surface area contributed by atoms with Gasteiger partial charge in [0.1, 0.15) is 0 Å². The van der Waals surface area contributed by atoms with E-state index in [0.29, 0.717) is 12.1 Å². The van der Waals surface area contributed by atoms with Crippen LogP contribution < -0.4 is 5.32 Å². The highest BCUT2D eigenvalue weighted by Crippen LogP contribution is 2.19. The lowest BCUT2D eigenvalue weighted by Crippen LogP contribution is -2.41. The van der Waals surface area contributed by atoms with Crippen LogP contribution in [0.4, 0.5) is 0 Å². The van der Waals surface area contributed by atoms with Gasteiger partial charge in [-0.25, -0.2) is 0 Å². The number of rotatable bonds is 4. The number of likely N-dealkylation sites (tertiary alicyclic amines) is 2. The Morgan fingerprint density at radius 2 is 1.95 bits per heavy atom. The van der Waals surface area contributed by atoms with E-state index >= 15 is 0 Å². The molecule has 0 bridgehead atoms. The average Bonchev–Trinajstić information content (AvgIpc) is 2.99. The fraction of sp³-hybridized carbons (Fsp3) is 0.647. The first-order valence-electron chi connectivity index (χ1n) is 7.93. The van der Waals surface area contributed by atoms with Gasteiger partial charge in [-0.3, -0.25) is 4.90 Å². The molecule has 3 rings (SSSR count). The second-order valence-corrected chi connectivity index (χ2v) is 6.59. The molecular weight excluding hydrogens is 246 g/mol. The van der Waals surface area contributed by atoms with Crippen molar-refractivity contribution in [3.05, 3.63) is 35.9 Å². The van der Waals surface area contributed by atoms with E-state index in [1.54, 1.807) is 0 Å². The Morgan fingerprint density at radius 3 is 2.65 bits per heavy atom. The summed E-state index contributed by atoms with van der Waals surface area (Å²) in [7, 11) is 2.24. The Balaban J connectivity index is 1.45. The van der Waals surface area contributed by atoms with Crippen LogP contribution >= 0.6 is 0 Å². The third-order valence-electron chi connectivity index (χ3n) is 4.88. The van der Waals surface area contributed by atoms with Crippen LogP contribution in [0.15, 0.2) is 30.3 Å². The Labute approximate surface area is 123 Å². The number of hydrogen-bond donors (Lipinski definition) is 1. The average molecular weight is 273 g/mol. The van der Waals surface area contributed by atoms with Crippen molar-refractivity contribution in [2.45, 2.75) is 44.4 Å². The van der Waals surface area contributed by atoms with Gasteiger partial charge in [0.2, 0.25) is 0 Å². The van der Waals surface area contributed by atoms with Crippen LogP contribution in [0.2, 0.25) is 0 Å². The van der Waals surface area contributed by atoms with Gasteiger partial charge in [-0.1, -0.05) is 30.3 Å². The lowest BCUT2D eigenvalue weighted by molar-refractivity contribution is 0.309. The maximum Gasteiger partial charge on any atom is 0.0234 e.